The van der Waals surface area contributed by atoms with E-state index in [9.17, 15) is 18.0 Å². The molecule has 1 aromatic heterocycles. The third-order valence-corrected chi connectivity index (χ3v) is 5.09. The third kappa shape index (κ3) is 6.18. The number of anilines is 2. The average molecular weight is 430 g/mol. The van der Waals surface area contributed by atoms with Gasteiger partial charge in [-0.1, -0.05) is 13.8 Å². The summed E-state index contributed by atoms with van der Waals surface area (Å²) in [7, 11) is 0. The summed E-state index contributed by atoms with van der Waals surface area (Å²) in [6.07, 6.45) is -3.96. The van der Waals surface area contributed by atoms with Crippen molar-refractivity contribution in [3.63, 3.8) is 0 Å². The van der Waals surface area contributed by atoms with Crippen molar-refractivity contribution in [2.45, 2.75) is 32.5 Å². The number of amides is 1. The van der Waals surface area contributed by atoms with Gasteiger partial charge in [0.05, 0.1) is 6.10 Å². The molecule has 2 saturated heterocycles. The first-order valence-corrected chi connectivity index (χ1v) is 10.3. The van der Waals surface area contributed by atoms with Crippen LogP contribution in [0.5, 0.6) is 0 Å². The maximum absolute atomic E-state index is 13.2. The van der Waals surface area contributed by atoms with E-state index in [-0.39, 0.29) is 30.4 Å². The van der Waals surface area contributed by atoms with E-state index in [2.05, 4.69) is 20.6 Å². The van der Waals surface area contributed by atoms with E-state index in [1.54, 1.807) is 9.80 Å². The van der Waals surface area contributed by atoms with Crippen LogP contribution in [0.4, 0.5) is 24.9 Å². The van der Waals surface area contributed by atoms with Crippen molar-refractivity contribution in [3.05, 3.63) is 11.8 Å². The van der Waals surface area contributed by atoms with E-state index in [1.807, 2.05) is 13.8 Å². The number of carbonyl (C=O) groups excluding carboxylic acids is 1. The van der Waals surface area contributed by atoms with Crippen molar-refractivity contribution < 1.29 is 22.7 Å². The van der Waals surface area contributed by atoms with Crippen molar-refractivity contribution in [2.24, 2.45) is 5.92 Å². The molecule has 1 amide bonds. The van der Waals surface area contributed by atoms with E-state index in [0.717, 1.165) is 25.6 Å². The Labute approximate surface area is 174 Å². The van der Waals surface area contributed by atoms with Crippen LogP contribution in [0, 0.1) is 5.92 Å². The molecule has 3 rings (SSSR count). The summed E-state index contributed by atoms with van der Waals surface area (Å²) in [4.78, 5) is 23.4. The number of halogens is 3. The molecule has 0 unspecified atom stereocenters. The molecule has 0 radical (unpaired) electrons. The number of carbonyl (C=O) groups is 1. The van der Waals surface area contributed by atoms with Crippen LogP contribution in [0.2, 0.25) is 0 Å². The van der Waals surface area contributed by atoms with Crippen LogP contribution in [-0.4, -0.2) is 79.3 Å². The fourth-order valence-electron chi connectivity index (χ4n) is 3.22. The van der Waals surface area contributed by atoms with Gasteiger partial charge >= 0.3 is 6.18 Å². The molecule has 0 aromatic carbocycles. The largest absolute Gasteiger partial charge is 0.433 e. The van der Waals surface area contributed by atoms with Crippen LogP contribution in [-0.2, 0) is 15.7 Å². The highest BCUT2D eigenvalue weighted by molar-refractivity contribution is 5.77. The molecule has 8 nitrogen and oxygen atoms in total. The number of hydrogen-bond acceptors (Lipinski definition) is 7. The minimum Gasteiger partial charge on any atom is -0.365 e. The van der Waals surface area contributed by atoms with Crippen molar-refractivity contribution in [2.75, 3.05) is 62.6 Å². The topological polar surface area (TPSA) is 82.6 Å². The first-order valence-electron chi connectivity index (χ1n) is 10.3. The number of piperazine rings is 1. The average Bonchev–Trinajstić information content (AvgIpc) is 2.66. The summed E-state index contributed by atoms with van der Waals surface area (Å²) >= 11 is 0. The molecule has 0 saturated carbocycles. The summed E-state index contributed by atoms with van der Waals surface area (Å²) < 4.78 is 45.3. The lowest BCUT2D eigenvalue weighted by atomic mass is 10.1. The molecule has 2 aliphatic heterocycles. The number of rotatable bonds is 8. The van der Waals surface area contributed by atoms with Crippen LogP contribution in [0.1, 0.15) is 26.0 Å². The van der Waals surface area contributed by atoms with Gasteiger partial charge in [-0.05, 0) is 12.3 Å². The van der Waals surface area contributed by atoms with E-state index in [0.29, 0.717) is 38.6 Å². The SMILES string of the molecule is CC(C)CCNc1nc(N2CC(OCC(=O)N3CCNCC3)C2)cc(C(F)(F)F)n1. The van der Waals surface area contributed by atoms with Gasteiger partial charge in [-0.15, -0.1) is 0 Å². The summed E-state index contributed by atoms with van der Waals surface area (Å²) in [6.45, 7) is 8.18. The molecular weight excluding hydrogens is 401 g/mol. The van der Waals surface area contributed by atoms with Crippen molar-refractivity contribution in [1.29, 1.82) is 0 Å². The smallest absolute Gasteiger partial charge is 0.365 e. The Kier molecular flexibility index (Phi) is 7.35. The molecule has 0 aliphatic carbocycles. The maximum Gasteiger partial charge on any atom is 0.433 e. The predicted octanol–water partition coefficient (Wildman–Crippen LogP) is 1.59. The van der Waals surface area contributed by atoms with Gasteiger partial charge in [-0.25, -0.2) is 4.98 Å². The van der Waals surface area contributed by atoms with E-state index in [4.69, 9.17) is 4.74 Å². The van der Waals surface area contributed by atoms with E-state index in [1.165, 1.54) is 0 Å². The van der Waals surface area contributed by atoms with Crippen LogP contribution < -0.4 is 15.5 Å². The monoisotopic (exact) mass is 430 g/mol. The number of ether oxygens (including phenoxy) is 1. The Balaban J connectivity index is 1.54. The van der Waals surface area contributed by atoms with Crippen molar-refractivity contribution >= 4 is 17.7 Å². The number of hydrogen-bond donors (Lipinski definition) is 2. The lowest BCUT2D eigenvalue weighted by molar-refractivity contribution is -0.141. The molecule has 0 bridgehead atoms. The molecule has 2 fully saturated rings. The van der Waals surface area contributed by atoms with Gasteiger partial charge in [-0.2, -0.15) is 18.2 Å². The Bertz CT molecular complexity index is 719. The fourth-order valence-corrected chi connectivity index (χ4v) is 3.22. The molecule has 168 valence electrons. The molecule has 0 atom stereocenters. The standard InChI is InChI=1S/C19H29F3N6O2/c1-13(2)3-4-24-18-25-15(19(20,21)22)9-16(26-18)28-10-14(11-28)30-12-17(29)27-7-5-23-6-8-27/h9,13-14,23H,3-8,10-12H2,1-2H3,(H,24,25,26). The van der Waals surface area contributed by atoms with Gasteiger partial charge in [0.25, 0.3) is 0 Å². The Morgan fingerprint density at radius 1 is 1.30 bits per heavy atom. The first-order chi connectivity index (χ1) is 14.2. The highest BCUT2D eigenvalue weighted by Gasteiger charge is 2.36. The number of nitrogens with zero attached hydrogens (tertiary/aromatic N) is 4. The van der Waals surface area contributed by atoms with Gasteiger partial charge in [0.15, 0.2) is 5.69 Å². The van der Waals surface area contributed by atoms with Crippen LogP contribution in [0.3, 0.4) is 0 Å². The van der Waals surface area contributed by atoms with Gasteiger partial charge in [-0.3, -0.25) is 4.79 Å². The molecular formula is C19H29F3N6O2. The molecule has 30 heavy (non-hydrogen) atoms. The second-order valence-electron chi connectivity index (χ2n) is 8.01. The van der Waals surface area contributed by atoms with Gasteiger partial charge in [0.1, 0.15) is 12.4 Å². The second-order valence-corrected chi connectivity index (χ2v) is 8.01. The summed E-state index contributed by atoms with van der Waals surface area (Å²) in [5, 5.41) is 6.06. The normalized spacial score (nSPS) is 17.9. The maximum atomic E-state index is 13.2. The lowest BCUT2D eigenvalue weighted by Crippen LogP contribution is -2.54. The quantitative estimate of drug-likeness (QED) is 0.648. The number of aromatic nitrogens is 2. The Morgan fingerprint density at radius 2 is 2.00 bits per heavy atom. The van der Waals surface area contributed by atoms with Crippen LogP contribution in [0.15, 0.2) is 6.07 Å². The Hall–Kier alpha value is -2.14. The van der Waals surface area contributed by atoms with E-state index < -0.39 is 11.9 Å². The summed E-state index contributed by atoms with van der Waals surface area (Å²) in [5.41, 5.74) is -0.974. The van der Waals surface area contributed by atoms with Crippen molar-refractivity contribution in [3.8, 4) is 0 Å². The summed E-state index contributed by atoms with van der Waals surface area (Å²) in [5.74, 6) is 0.532. The number of nitrogens with one attached hydrogen (secondary N) is 2. The summed E-state index contributed by atoms with van der Waals surface area (Å²) in [6, 6.07) is 0.954. The van der Waals surface area contributed by atoms with Crippen molar-refractivity contribution in [1.82, 2.24) is 20.2 Å². The third-order valence-electron chi connectivity index (χ3n) is 5.09. The molecule has 1 aromatic rings. The zero-order valence-corrected chi connectivity index (χ0v) is 17.3. The minimum absolute atomic E-state index is 0.0158. The predicted molar refractivity (Wildman–Crippen MR) is 106 cm³/mol. The van der Waals surface area contributed by atoms with Gasteiger partial charge in [0, 0.05) is 51.9 Å². The molecule has 2 aliphatic rings. The lowest BCUT2D eigenvalue weighted by Gasteiger charge is -2.40. The fraction of sp³-hybridized carbons (Fsp3) is 0.737. The zero-order chi connectivity index (χ0) is 21.7. The highest BCUT2D eigenvalue weighted by atomic mass is 19.4. The highest BCUT2D eigenvalue weighted by Crippen LogP contribution is 2.32. The van der Waals surface area contributed by atoms with E-state index >= 15 is 0 Å². The zero-order valence-electron chi connectivity index (χ0n) is 17.3. The molecule has 3 heterocycles. The van der Waals surface area contributed by atoms with Gasteiger partial charge in [0.2, 0.25) is 11.9 Å². The first kappa shape index (κ1) is 22.5. The Morgan fingerprint density at radius 3 is 2.63 bits per heavy atom. The number of alkyl halides is 3. The van der Waals surface area contributed by atoms with Gasteiger partial charge < -0.3 is 25.2 Å². The molecule has 2 N–H and O–H groups in total. The minimum atomic E-state index is -4.55. The molecule has 11 heteroatoms. The van der Waals surface area contributed by atoms with Crippen LogP contribution >= 0.6 is 0 Å². The molecule has 0 spiro atoms. The second kappa shape index (κ2) is 9.78. The van der Waals surface area contributed by atoms with Crippen LogP contribution in [0.25, 0.3) is 0 Å².